The Bertz CT molecular complexity index is 1320. The van der Waals surface area contributed by atoms with Gasteiger partial charge >= 0.3 is 5.97 Å². The summed E-state index contributed by atoms with van der Waals surface area (Å²) in [6, 6.07) is 21.9. The zero-order valence-electron chi connectivity index (χ0n) is 22.6. The van der Waals surface area contributed by atoms with Crippen molar-refractivity contribution in [1.82, 2.24) is 5.32 Å². The first kappa shape index (κ1) is 28.9. The molecule has 0 radical (unpaired) electrons. The molecule has 0 aliphatic rings. The van der Waals surface area contributed by atoms with Crippen LogP contribution in [0.1, 0.15) is 43.2 Å². The average molecular weight is 518 g/mol. The van der Waals surface area contributed by atoms with Gasteiger partial charge < -0.3 is 30.7 Å². The summed E-state index contributed by atoms with van der Waals surface area (Å²) >= 11 is 0. The SMILES string of the molecule is CC.CCOC(=O)Cc1ccccc1OCc1cc(-c2cccc(CN)c2)c2oc(CNCCN)cc2c1. The zero-order chi connectivity index (χ0) is 27.3. The molecule has 0 saturated carbocycles. The maximum absolute atomic E-state index is 12.0. The molecule has 0 saturated heterocycles. The van der Waals surface area contributed by atoms with E-state index in [1.807, 2.05) is 56.3 Å². The first-order valence-electron chi connectivity index (χ1n) is 13.2. The van der Waals surface area contributed by atoms with E-state index in [-0.39, 0.29) is 12.4 Å². The number of benzene rings is 3. The van der Waals surface area contributed by atoms with Gasteiger partial charge in [-0.05, 0) is 53.9 Å². The lowest BCUT2D eigenvalue weighted by atomic mass is 9.99. The molecule has 3 aromatic carbocycles. The minimum atomic E-state index is -0.272. The normalized spacial score (nSPS) is 10.7. The highest BCUT2D eigenvalue weighted by Gasteiger charge is 2.15. The fourth-order valence-electron chi connectivity index (χ4n) is 4.15. The number of para-hydroxylation sites is 1. The summed E-state index contributed by atoms with van der Waals surface area (Å²) in [5, 5.41) is 4.28. The Morgan fingerprint density at radius 2 is 1.79 bits per heavy atom. The molecule has 1 heterocycles. The first-order valence-corrected chi connectivity index (χ1v) is 13.2. The highest BCUT2D eigenvalue weighted by atomic mass is 16.5. The fraction of sp³-hybridized carbons (Fsp3) is 0.323. The quantitative estimate of drug-likeness (QED) is 0.172. The third kappa shape index (κ3) is 7.68. The number of hydrogen-bond donors (Lipinski definition) is 3. The van der Waals surface area contributed by atoms with E-state index in [0.717, 1.165) is 44.5 Å². The minimum Gasteiger partial charge on any atom is -0.489 e. The monoisotopic (exact) mass is 517 g/mol. The topological polar surface area (TPSA) is 113 Å². The third-order valence-electron chi connectivity index (χ3n) is 5.83. The van der Waals surface area contributed by atoms with E-state index in [0.29, 0.717) is 45.1 Å². The molecule has 4 aromatic rings. The third-order valence-corrected chi connectivity index (χ3v) is 5.83. The maximum atomic E-state index is 12.0. The molecular weight excluding hydrogens is 478 g/mol. The van der Waals surface area contributed by atoms with E-state index in [1.54, 1.807) is 6.92 Å². The van der Waals surface area contributed by atoms with Crippen LogP contribution in [0.2, 0.25) is 0 Å². The van der Waals surface area contributed by atoms with Crippen molar-refractivity contribution in [2.24, 2.45) is 11.5 Å². The molecule has 5 N–H and O–H groups in total. The van der Waals surface area contributed by atoms with Gasteiger partial charge in [0.2, 0.25) is 0 Å². The van der Waals surface area contributed by atoms with E-state index in [2.05, 4.69) is 29.6 Å². The van der Waals surface area contributed by atoms with Gasteiger partial charge in [0.05, 0.1) is 19.6 Å². The van der Waals surface area contributed by atoms with E-state index in [4.69, 9.17) is 25.4 Å². The second-order valence-electron chi connectivity index (χ2n) is 8.52. The van der Waals surface area contributed by atoms with Crippen LogP contribution >= 0.6 is 0 Å². The predicted molar refractivity (Wildman–Crippen MR) is 153 cm³/mol. The van der Waals surface area contributed by atoms with Gasteiger partial charge in [-0.1, -0.05) is 50.2 Å². The van der Waals surface area contributed by atoms with Crippen molar-refractivity contribution in [2.75, 3.05) is 19.7 Å². The van der Waals surface area contributed by atoms with E-state index in [1.165, 1.54) is 0 Å². The second-order valence-corrected chi connectivity index (χ2v) is 8.52. The Hall–Kier alpha value is -3.65. The molecule has 0 atom stereocenters. The lowest BCUT2D eigenvalue weighted by molar-refractivity contribution is -0.142. The van der Waals surface area contributed by atoms with Crippen LogP contribution in [-0.2, 0) is 35.6 Å². The molecule has 0 unspecified atom stereocenters. The van der Waals surface area contributed by atoms with Gasteiger partial charge in [-0.25, -0.2) is 0 Å². The molecule has 38 heavy (non-hydrogen) atoms. The van der Waals surface area contributed by atoms with Crippen LogP contribution in [0.25, 0.3) is 22.1 Å². The summed E-state index contributed by atoms with van der Waals surface area (Å²) in [5.41, 5.74) is 17.2. The average Bonchev–Trinajstić information content (AvgIpc) is 3.36. The van der Waals surface area contributed by atoms with Gasteiger partial charge in [-0.15, -0.1) is 0 Å². The summed E-state index contributed by atoms with van der Waals surface area (Å²) in [7, 11) is 0. The molecule has 0 spiro atoms. The van der Waals surface area contributed by atoms with Gasteiger partial charge in [0.15, 0.2) is 0 Å². The lowest BCUT2D eigenvalue weighted by Gasteiger charge is -2.13. The number of esters is 1. The van der Waals surface area contributed by atoms with Gasteiger partial charge in [0, 0.05) is 36.1 Å². The molecule has 202 valence electrons. The molecule has 0 bridgehead atoms. The number of hydrogen-bond acceptors (Lipinski definition) is 7. The Balaban J connectivity index is 0.00000195. The highest BCUT2D eigenvalue weighted by Crippen LogP contribution is 2.34. The van der Waals surface area contributed by atoms with Crippen LogP contribution in [0.4, 0.5) is 0 Å². The summed E-state index contributed by atoms with van der Waals surface area (Å²) in [5.74, 6) is 1.23. The van der Waals surface area contributed by atoms with Crippen LogP contribution in [0, 0.1) is 0 Å². The van der Waals surface area contributed by atoms with Crippen molar-refractivity contribution < 1.29 is 18.7 Å². The van der Waals surface area contributed by atoms with Crippen molar-refractivity contribution >= 4 is 16.9 Å². The van der Waals surface area contributed by atoms with E-state index >= 15 is 0 Å². The Morgan fingerprint density at radius 1 is 0.974 bits per heavy atom. The van der Waals surface area contributed by atoms with Crippen LogP contribution in [0.5, 0.6) is 5.75 Å². The highest BCUT2D eigenvalue weighted by molar-refractivity contribution is 5.93. The van der Waals surface area contributed by atoms with Crippen LogP contribution in [0.3, 0.4) is 0 Å². The van der Waals surface area contributed by atoms with E-state index in [9.17, 15) is 4.79 Å². The summed E-state index contributed by atoms with van der Waals surface area (Å²) in [6.45, 7) is 8.83. The number of nitrogens with two attached hydrogens (primary N) is 2. The molecule has 0 amide bonds. The van der Waals surface area contributed by atoms with Gasteiger partial charge in [-0.2, -0.15) is 0 Å². The molecule has 0 aliphatic heterocycles. The smallest absolute Gasteiger partial charge is 0.310 e. The van der Waals surface area contributed by atoms with Gasteiger partial charge in [0.1, 0.15) is 23.7 Å². The molecule has 1 aromatic heterocycles. The molecular formula is C31H39N3O4. The van der Waals surface area contributed by atoms with Crippen molar-refractivity contribution in [1.29, 1.82) is 0 Å². The van der Waals surface area contributed by atoms with Crippen molar-refractivity contribution in [3.63, 3.8) is 0 Å². The van der Waals surface area contributed by atoms with Crippen molar-refractivity contribution in [3.8, 4) is 16.9 Å². The second kappa shape index (κ2) is 14.9. The zero-order valence-corrected chi connectivity index (χ0v) is 22.6. The summed E-state index contributed by atoms with van der Waals surface area (Å²) < 4.78 is 17.5. The van der Waals surface area contributed by atoms with Gasteiger partial charge in [0.25, 0.3) is 0 Å². The van der Waals surface area contributed by atoms with E-state index < -0.39 is 0 Å². The largest absolute Gasteiger partial charge is 0.489 e. The fourth-order valence-corrected chi connectivity index (χ4v) is 4.15. The first-order chi connectivity index (χ1) is 18.6. The Labute approximate surface area is 225 Å². The number of carbonyl (C=O) groups is 1. The van der Waals surface area contributed by atoms with Crippen LogP contribution < -0.4 is 21.5 Å². The maximum Gasteiger partial charge on any atom is 0.310 e. The molecule has 7 nitrogen and oxygen atoms in total. The number of ether oxygens (including phenoxy) is 2. The molecule has 0 aliphatic carbocycles. The summed E-state index contributed by atoms with van der Waals surface area (Å²) in [4.78, 5) is 12.0. The molecule has 0 fully saturated rings. The van der Waals surface area contributed by atoms with Gasteiger partial charge in [-0.3, -0.25) is 4.79 Å². The molecule has 4 rings (SSSR count). The minimum absolute atomic E-state index is 0.168. The number of fused-ring (bicyclic) bond motifs is 1. The summed E-state index contributed by atoms with van der Waals surface area (Å²) in [6.07, 6.45) is 0.168. The lowest BCUT2D eigenvalue weighted by Crippen LogP contribution is -2.21. The molecule has 7 heteroatoms. The van der Waals surface area contributed by atoms with Crippen LogP contribution in [0.15, 0.2) is 71.1 Å². The van der Waals surface area contributed by atoms with Crippen LogP contribution in [-0.4, -0.2) is 25.7 Å². The number of nitrogens with one attached hydrogen (secondary N) is 1. The predicted octanol–water partition coefficient (Wildman–Crippen LogP) is 5.32. The Kier molecular flexibility index (Phi) is 11.4. The number of carbonyl (C=O) groups excluding carboxylic acids is 1. The Morgan fingerprint density at radius 3 is 2.55 bits per heavy atom. The van der Waals surface area contributed by atoms with Crippen molar-refractivity contribution in [3.05, 3.63) is 89.2 Å². The number of rotatable bonds is 12. The van der Waals surface area contributed by atoms with Crippen molar-refractivity contribution in [2.45, 2.75) is 46.9 Å². The standard InChI is InChI=1S/C29H33N3O4.C2H6/c1-2-34-28(33)16-23-7-3-4-9-27(23)35-19-21-13-24-15-25(18-32-11-10-30)36-29(24)26(14-21)22-8-5-6-20(12-22)17-31;1-2/h3-9,12-15,32H,2,10-11,16-19,30-31H2,1H3;1-2H3. The number of furan rings is 1.